The van der Waals surface area contributed by atoms with E-state index >= 15 is 0 Å². The summed E-state index contributed by atoms with van der Waals surface area (Å²) in [6.07, 6.45) is 1.21. The van der Waals surface area contributed by atoms with Gasteiger partial charge in [-0.15, -0.1) is 0 Å². The predicted molar refractivity (Wildman–Crippen MR) is 50.7 cm³/mol. The fourth-order valence-electron chi connectivity index (χ4n) is 0.416. The van der Waals surface area contributed by atoms with Crippen LogP contribution in [0.3, 0.4) is 0 Å². The molecule has 0 radical (unpaired) electrons. The van der Waals surface area contributed by atoms with E-state index in [0.717, 1.165) is 6.54 Å². The van der Waals surface area contributed by atoms with Gasteiger partial charge in [-0.1, -0.05) is 27.7 Å². The van der Waals surface area contributed by atoms with E-state index in [0.29, 0.717) is 5.41 Å². The Labute approximate surface area is 66.1 Å². The third-order valence-corrected chi connectivity index (χ3v) is 2.21. The van der Waals surface area contributed by atoms with Gasteiger partial charge >= 0.3 is 0 Å². The maximum atomic E-state index is 3.31. The highest BCUT2D eigenvalue weighted by atomic mass is 31.1. The quantitative estimate of drug-likeness (QED) is 0.493. The van der Waals surface area contributed by atoms with Crippen LogP contribution in [0, 0.1) is 5.41 Å². The molecule has 10 heavy (non-hydrogen) atoms. The first-order chi connectivity index (χ1) is 4.56. The lowest BCUT2D eigenvalue weighted by molar-refractivity contribution is 0.614. The molecule has 0 aliphatic heterocycles. The lowest BCUT2D eigenvalue weighted by atomic mass is 10.0. The summed E-state index contributed by atoms with van der Waals surface area (Å²) >= 11 is 0. The van der Waals surface area contributed by atoms with Crippen molar-refractivity contribution in [1.29, 1.82) is 0 Å². The van der Waals surface area contributed by atoms with Crippen molar-refractivity contribution >= 4 is 14.2 Å². The van der Waals surface area contributed by atoms with E-state index in [-0.39, 0.29) is 0 Å². The minimum atomic E-state index is 0.350. The molecular formula is C8H18NP. The molecule has 0 saturated heterocycles. The van der Waals surface area contributed by atoms with Gasteiger partial charge in [0.2, 0.25) is 0 Å². The Hall–Kier alpha value is 0.130. The summed E-state index contributed by atoms with van der Waals surface area (Å²) in [6, 6.07) is 0. The van der Waals surface area contributed by atoms with Gasteiger partial charge in [-0.25, -0.2) is 0 Å². The van der Waals surface area contributed by atoms with Crippen molar-refractivity contribution < 1.29 is 0 Å². The Morgan fingerprint density at radius 1 is 1.40 bits per heavy atom. The molecule has 0 fully saturated rings. The van der Waals surface area contributed by atoms with Crippen LogP contribution < -0.4 is 5.09 Å². The van der Waals surface area contributed by atoms with Crippen molar-refractivity contribution in [2.75, 3.05) is 6.54 Å². The van der Waals surface area contributed by atoms with Gasteiger partial charge in [0.15, 0.2) is 0 Å². The first kappa shape index (κ1) is 10.1. The van der Waals surface area contributed by atoms with E-state index in [1.807, 2.05) is 0 Å². The van der Waals surface area contributed by atoms with Gasteiger partial charge in [0, 0.05) is 6.54 Å². The zero-order valence-corrected chi connectivity index (χ0v) is 8.33. The van der Waals surface area contributed by atoms with Gasteiger partial charge < -0.3 is 0 Å². The maximum Gasteiger partial charge on any atom is 0.00330 e. The van der Waals surface area contributed by atoms with Crippen molar-refractivity contribution in [3.63, 3.8) is 0 Å². The van der Waals surface area contributed by atoms with Gasteiger partial charge in [-0.2, -0.15) is 0 Å². The molecule has 0 heterocycles. The molecule has 0 unspecified atom stereocenters. The van der Waals surface area contributed by atoms with Crippen LogP contribution in [0.5, 0.6) is 0 Å². The maximum absolute atomic E-state index is 3.31. The van der Waals surface area contributed by atoms with Crippen LogP contribution in [0.25, 0.3) is 0 Å². The van der Waals surface area contributed by atoms with Crippen molar-refractivity contribution in [3.05, 3.63) is 0 Å². The standard InChI is InChI=1S/C8H18NP/c1-5-6-9-10-7-8(2,3)4/h7,9H,5-6H2,1-4H3. The summed E-state index contributed by atoms with van der Waals surface area (Å²) in [6.45, 7) is 9.95. The van der Waals surface area contributed by atoms with Crippen molar-refractivity contribution in [1.82, 2.24) is 5.09 Å². The number of hydrogen-bond acceptors (Lipinski definition) is 1. The molecular weight excluding hydrogens is 141 g/mol. The van der Waals surface area contributed by atoms with Crippen LogP contribution in [0.1, 0.15) is 34.1 Å². The van der Waals surface area contributed by atoms with E-state index < -0.39 is 0 Å². The first-order valence-corrected chi connectivity index (χ1v) is 4.79. The largest absolute Gasteiger partial charge is 0.271 e. The van der Waals surface area contributed by atoms with Crippen LogP contribution >= 0.6 is 8.35 Å². The third-order valence-electron chi connectivity index (χ3n) is 0.905. The van der Waals surface area contributed by atoms with Gasteiger partial charge in [0.25, 0.3) is 0 Å². The molecule has 0 aliphatic carbocycles. The molecule has 1 N–H and O–H groups in total. The molecule has 0 bridgehead atoms. The number of hydrogen-bond donors (Lipinski definition) is 1. The molecule has 0 saturated carbocycles. The molecule has 0 amide bonds. The van der Waals surface area contributed by atoms with Crippen LogP contribution in [-0.2, 0) is 0 Å². The highest BCUT2D eigenvalue weighted by Crippen LogP contribution is 2.11. The molecule has 1 nitrogen and oxygen atoms in total. The molecule has 2 heteroatoms. The fraction of sp³-hybridized carbons (Fsp3) is 0.875. The Balaban J connectivity index is 3.37. The lowest BCUT2D eigenvalue weighted by Crippen LogP contribution is -2.07. The first-order valence-electron chi connectivity index (χ1n) is 3.83. The Morgan fingerprint density at radius 2 is 2.00 bits per heavy atom. The number of rotatable bonds is 3. The van der Waals surface area contributed by atoms with Crippen LogP contribution in [0.15, 0.2) is 0 Å². The van der Waals surface area contributed by atoms with Crippen LogP contribution in [0.2, 0.25) is 0 Å². The Kier molecular flexibility index (Phi) is 4.93. The SMILES string of the molecule is CCCNP=CC(C)(C)C. The third kappa shape index (κ3) is 8.13. The summed E-state index contributed by atoms with van der Waals surface area (Å²) in [5.41, 5.74) is 0.350. The molecule has 0 aromatic carbocycles. The second kappa shape index (κ2) is 4.87. The molecule has 0 spiro atoms. The van der Waals surface area contributed by atoms with Crippen LogP contribution in [0.4, 0.5) is 0 Å². The topological polar surface area (TPSA) is 12.0 Å². The zero-order valence-electron chi connectivity index (χ0n) is 7.44. The molecule has 60 valence electrons. The smallest absolute Gasteiger partial charge is 0.00330 e. The van der Waals surface area contributed by atoms with Crippen molar-refractivity contribution in [2.45, 2.75) is 34.1 Å². The van der Waals surface area contributed by atoms with Gasteiger partial charge in [0.1, 0.15) is 0 Å². The van der Waals surface area contributed by atoms with E-state index in [9.17, 15) is 0 Å². The number of nitrogens with one attached hydrogen (secondary N) is 1. The monoisotopic (exact) mass is 159 g/mol. The summed E-state index contributed by atoms with van der Waals surface area (Å²) in [5.74, 6) is 2.28. The summed E-state index contributed by atoms with van der Waals surface area (Å²) < 4.78 is 0. The Morgan fingerprint density at radius 3 is 2.40 bits per heavy atom. The summed E-state index contributed by atoms with van der Waals surface area (Å²) in [5, 5.41) is 3.31. The highest BCUT2D eigenvalue weighted by molar-refractivity contribution is 7.36. The van der Waals surface area contributed by atoms with Gasteiger partial charge in [-0.3, -0.25) is 5.09 Å². The molecule has 0 aliphatic rings. The highest BCUT2D eigenvalue weighted by Gasteiger charge is 2.02. The molecule has 0 atom stereocenters. The van der Waals surface area contributed by atoms with Gasteiger partial charge in [-0.05, 0) is 26.0 Å². The zero-order chi connectivity index (χ0) is 8.04. The average Bonchev–Trinajstić information content (AvgIpc) is 1.78. The second-order valence-electron chi connectivity index (χ2n) is 3.53. The average molecular weight is 159 g/mol. The lowest BCUT2D eigenvalue weighted by Gasteiger charge is -2.09. The minimum Gasteiger partial charge on any atom is -0.271 e. The van der Waals surface area contributed by atoms with E-state index in [1.165, 1.54) is 14.8 Å². The minimum absolute atomic E-state index is 0.350. The van der Waals surface area contributed by atoms with Crippen molar-refractivity contribution in [2.24, 2.45) is 5.41 Å². The molecule has 0 rings (SSSR count). The van der Waals surface area contributed by atoms with Gasteiger partial charge in [0.05, 0.1) is 0 Å². The van der Waals surface area contributed by atoms with Crippen LogP contribution in [-0.4, -0.2) is 12.3 Å². The normalized spacial score (nSPS) is 12.8. The van der Waals surface area contributed by atoms with E-state index in [4.69, 9.17) is 0 Å². The second-order valence-corrected chi connectivity index (χ2v) is 4.36. The Bertz CT molecular complexity index is 102. The molecule has 0 aromatic rings. The summed E-state index contributed by atoms with van der Waals surface area (Å²) in [4.78, 5) is 0. The van der Waals surface area contributed by atoms with E-state index in [2.05, 4.69) is 38.6 Å². The predicted octanol–water partition coefficient (Wildman–Crippen LogP) is 2.70. The van der Waals surface area contributed by atoms with Crippen molar-refractivity contribution in [3.8, 4) is 0 Å². The molecule has 0 aromatic heterocycles. The fourth-order valence-corrected chi connectivity index (χ4v) is 1.25. The summed E-state index contributed by atoms with van der Waals surface area (Å²) in [7, 11) is 1.26. The van der Waals surface area contributed by atoms with E-state index in [1.54, 1.807) is 0 Å².